The van der Waals surface area contributed by atoms with Crippen LogP contribution in [0.25, 0.3) is 11.1 Å². The van der Waals surface area contributed by atoms with E-state index >= 15 is 0 Å². The number of hydrogen-bond donors (Lipinski definition) is 1. The van der Waals surface area contributed by atoms with E-state index in [0.717, 1.165) is 22.4 Å². The zero-order valence-corrected chi connectivity index (χ0v) is 16.7. The fourth-order valence-electron chi connectivity index (χ4n) is 3.15. The van der Waals surface area contributed by atoms with Crippen molar-refractivity contribution in [1.82, 2.24) is 0 Å². The Morgan fingerprint density at radius 2 is 1.72 bits per heavy atom. The van der Waals surface area contributed by atoms with Crippen molar-refractivity contribution in [3.8, 4) is 28.7 Å². The van der Waals surface area contributed by atoms with Crippen molar-refractivity contribution in [2.24, 2.45) is 0 Å². The standard InChI is InChI=1S/C26H24O3/c1-3-5-23(17-26(27)28)22-12-14-25(15-13-22)29-18-20-6-4-7-24(16-20)21-10-8-19(2)9-11-21/h4,6-16,23H,17-18H2,1-2H3,(H,27,28)/t23-/m1/s1. The van der Waals surface area contributed by atoms with E-state index in [1.165, 1.54) is 11.1 Å². The maximum atomic E-state index is 11.0. The molecule has 3 aromatic rings. The van der Waals surface area contributed by atoms with E-state index in [1.807, 2.05) is 36.4 Å². The van der Waals surface area contributed by atoms with E-state index in [4.69, 9.17) is 9.84 Å². The Morgan fingerprint density at radius 3 is 2.38 bits per heavy atom. The lowest BCUT2D eigenvalue weighted by Crippen LogP contribution is -2.04. The minimum Gasteiger partial charge on any atom is -0.489 e. The predicted molar refractivity (Wildman–Crippen MR) is 116 cm³/mol. The molecule has 0 bridgehead atoms. The normalized spacial score (nSPS) is 11.2. The SMILES string of the molecule is CC#C[C@H](CC(=O)O)c1ccc(OCc2cccc(-c3ccc(C)cc3)c2)cc1. The fourth-order valence-corrected chi connectivity index (χ4v) is 3.15. The van der Waals surface area contributed by atoms with Crippen molar-refractivity contribution in [2.75, 3.05) is 0 Å². The van der Waals surface area contributed by atoms with Crippen molar-refractivity contribution < 1.29 is 14.6 Å². The second-order valence-corrected chi connectivity index (χ2v) is 6.97. The van der Waals surface area contributed by atoms with Crippen LogP contribution in [0.1, 0.15) is 36.0 Å². The molecule has 0 heterocycles. The summed E-state index contributed by atoms with van der Waals surface area (Å²) in [6, 6.07) is 24.3. The summed E-state index contributed by atoms with van der Waals surface area (Å²) in [6.07, 6.45) is -0.00710. The first-order valence-corrected chi connectivity index (χ1v) is 9.58. The quantitative estimate of drug-likeness (QED) is 0.522. The highest BCUT2D eigenvalue weighted by Crippen LogP contribution is 2.24. The van der Waals surface area contributed by atoms with Crippen LogP contribution in [0, 0.1) is 18.8 Å². The average Bonchev–Trinajstić information content (AvgIpc) is 2.73. The van der Waals surface area contributed by atoms with Gasteiger partial charge in [0.2, 0.25) is 0 Å². The number of hydrogen-bond acceptors (Lipinski definition) is 2. The van der Waals surface area contributed by atoms with Gasteiger partial charge < -0.3 is 9.84 Å². The molecule has 146 valence electrons. The molecule has 0 unspecified atom stereocenters. The topological polar surface area (TPSA) is 46.5 Å². The van der Waals surface area contributed by atoms with E-state index < -0.39 is 5.97 Å². The molecule has 0 saturated heterocycles. The lowest BCUT2D eigenvalue weighted by atomic mass is 9.96. The molecule has 0 fully saturated rings. The summed E-state index contributed by atoms with van der Waals surface area (Å²) in [5, 5.41) is 9.06. The maximum Gasteiger partial charge on any atom is 0.304 e. The summed E-state index contributed by atoms with van der Waals surface area (Å²) in [7, 11) is 0. The Hall–Kier alpha value is -3.51. The average molecular weight is 384 g/mol. The van der Waals surface area contributed by atoms with Gasteiger partial charge in [-0.2, -0.15) is 0 Å². The lowest BCUT2D eigenvalue weighted by molar-refractivity contribution is -0.137. The van der Waals surface area contributed by atoms with E-state index in [-0.39, 0.29) is 12.3 Å². The number of ether oxygens (including phenoxy) is 1. The highest BCUT2D eigenvalue weighted by Gasteiger charge is 2.13. The molecule has 0 aromatic heterocycles. The van der Waals surface area contributed by atoms with Crippen LogP contribution in [-0.2, 0) is 11.4 Å². The smallest absolute Gasteiger partial charge is 0.304 e. The van der Waals surface area contributed by atoms with Crippen molar-refractivity contribution in [1.29, 1.82) is 0 Å². The number of carboxylic acids is 1. The molecule has 3 rings (SSSR count). The van der Waals surface area contributed by atoms with Gasteiger partial charge in [0.05, 0.1) is 12.3 Å². The molecular formula is C26H24O3. The second-order valence-electron chi connectivity index (χ2n) is 6.97. The molecule has 3 nitrogen and oxygen atoms in total. The van der Waals surface area contributed by atoms with Crippen LogP contribution in [0.3, 0.4) is 0 Å². The zero-order chi connectivity index (χ0) is 20.6. The van der Waals surface area contributed by atoms with Crippen LogP contribution in [-0.4, -0.2) is 11.1 Å². The van der Waals surface area contributed by atoms with E-state index in [2.05, 4.69) is 55.2 Å². The van der Waals surface area contributed by atoms with Crippen LogP contribution in [0.5, 0.6) is 5.75 Å². The van der Waals surface area contributed by atoms with E-state index in [0.29, 0.717) is 6.61 Å². The minimum atomic E-state index is -0.855. The highest BCUT2D eigenvalue weighted by molar-refractivity contribution is 5.69. The highest BCUT2D eigenvalue weighted by atomic mass is 16.5. The molecular weight excluding hydrogens is 360 g/mol. The molecule has 3 aromatic carbocycles. The van der Waals surface area contributed by atoms with Gasteiger partial charge in [-0.1, -0.05) is 66.1 Å². The van der Waals surface area contributed by atoms with E-state index in [1.54, 1.807) is 6.92 Å². The number of carboxylic acid groups (broad SMARTS) is 1. The largest absolute Gasteiger partial charge is 0.489 e. The minimum absolute atomic E-state index is 0.00710. The summed E-state index contributed by atoms with van der Waals surface area (Å²) < 4.78 is 5.93. The zero-order valence-electron chi connectivity index (χ0n) is 16.7. The molecule has 1 N–H and O–H groups in total. The number of aryl methyl sites for hydroxylation is 1. The van der Waals surface area contributed by atoms with Gasteiger partial charge >= 0.3 is 5.97 Å². The third-order valence-electron chi connectivity index (χ3n) is 4.70. The molecule has 29 heavy (non-hydrogen) atoms. The van der Waals surface area contributed by atoms with Gasteiger partial charge in [0.25, 0.3) is 0 Å². The molecule has 0 spiro atoms. The fraction of sp³-hybridized carbons (Fsp3) is 0.192. The number of rotatable bonds is 7. The van der Waals surface area contributed by atoms with Gasteiger partial charge in [-0.05, 0) is 54.3 Å². The Bertz CT molecular complexity index is 1020. The molecule has 0 saturated carbocycles. The maximum absolute atomic E-state index is 11.0. The molecule has 3 heteroatoms. The Labute approximate surface area is 172 Å². The van der Waals surface area contributed by atoms with Crippen LogP contribution in [0.2, 0.25) is 0 Å². The third kappa shape index (κ3) is 5.73. The van der Waals surface area contributed by atoms with Gasteiger partial charge in [-0.15, -0.1) is 5.92 Å². The second kappa shape index (κ2) is 9.61. The molecule has 0 aliphatic heterocycles. The Kier molecular flexibility index (Phi) is 6.71. The molecule has 0 aliphatic rings. The van der Waals surface area contributed by atoms with Gasteiger partial charge in [0, 0.05) is 0 Å². The summed E-state index contributed by atoms with van der Waals surface area (Å²) >= 11 is 0. The summed E-state index contributed by atoms with van der Waals surface area (Å²) in [5.41, 5.74) is 5.56. The van der Waals surface area contributed by atoms with Crippen LogP contribution in [0.4, 0.5) is 0 Å². The van der Waals surface area contributed by atoms with Crippen molar-refractivity contribution in [2.45, 2.75) is 32.8 Å². The van der Waals surface area contributed by atoms with Gasteiger partial charge in [0.1, 0.15) is 12.4 Å². The first-order chi connectivity index (χ1) is 14.0. The van der Waals surface area contributed by atoms with Crippen LogP contribution < -0.4 is 4.74 Å². The van der Waals surface area contributed by atoms with Crippen molar-refractivity contribution in [3.05, 3.63) is 89.5 Å². The van der Waals surface area contributed by atoms with Gasteiger partial charge in [-0.25, -0.2) is 0 Å². The summed E-state index contributed by atoms with van der Waals surface area (Å²) in [6.45, 7) is 4.27. The van der Waals surface area contributed by atoms with E-state index in [9.17, 15) is 4.79 Å². The third-order valence-corrected chi connectivity index (χ3v) is 4.70. The number of carbonyl (C=O) groups is 1. The summed E-state index contributed by atoms with van der Waals surface area (Å²) in [5.74, 6) is 5.35. The molecule has 0 radical (unpaired) electrons. The first-order valence-electron chi connectivity index (χ1n) is 9.58. The Morgan fingerprint density at radius 1 is 1.00 bits per heavy atom. The van der Waals surface area contributed by atoms with Crippen molar-refractivity contribution >= 4 is 5.97 Å². The Balaban J connectivity index is 1.67. The van der Waals surface area contributed by atoms with Gasteiger partial charge in [0.15, 0.2) is 0 Å². The monoisotopic (exact) mass is 384 g/mol. The molecule has 0 aliphatic carbocycles. The lowest BCUT2D eigenvalue weighted by Gasteiger charge is -2.11. The molecule has 0 amide bonds. The molecule has 1 atom stereocenters. The predicted octanol–water partition coefficient (Wildman–Crippen LogP) is 5.82. The van der Waals surface area contributed by atoms with Crippen LogP contribution >= 0.6 is 0 Å². The van der Waals surface area contributed by atoms with Crippen LogP contribution in [0.15, 0.2) is 72.8 Å². The van der Waals surface area contributed by atoms with Gasteiger partial charge in [-0.3, -0.25) is 4.79 Å². The first kappa shape index (κ1) is 20.2. The number of aliphatic carboxylic acids is 1. The van der Waals surface area contributed by atoms with Crippen molar-refractivity contribution in [3.63, 3.8) is 0 Å². The number of benzene rings is 3. The summed E-state index contributed by atoms with van der Waals surface area (Å²) in [4.78, 5) is 11.0.